The standard InChI is InChI=1S/C16H24N2O2.C8H10/c1-4-16(19)18(13-8-10-17(2)11-9-13)14-6-5-7-15(12-14)20-3;1-2-8-6-4-3-5-7-8/h5-7,12-13H,4,8-11H2,1-3H3;3-7H,2H2,1H3. The first-order valence-electron chi connectivity index (χ1n) is 10.3. The lowest BCUT2D eigenvalue weighted by Gasteiger charge is -2.37. The topological polar surface area (TPSA) is 32.8 Å². The van der Waals surface area contributed by atoms with E-state index in [0.717, 1.165) is 43.8 Å². The average Bonchev–Trinajstić information content (AvgIpc) is 2.76. The number of piperidine rings is 1. The summed E-state index contributed by atoms with van der Waals surface area (Å²) in [6.07, 6.45) is 3.73. The second kappa shape index (κ2) is 11.5. The van der Waals surface area contributed by atoms with Gasteiger partial charge in [0.15, 0.2) is 0 Å². The highest BCUT2D eigenvalue weighted by Crippen LogP contribution is 2.27. The van der Waals surface area contributed by atoms with E-state index in [4.69, 9.17) is 4.74 Å². The van der Waals surface area contributed by atoms with Crippen LogP contribution in [0.3, 0.4) is 0 Å². The number of carbonyl (C=O) groups is 1. The van der Waals surface area contributed by atoms with Gasteiger partial charge in [0.2, 0.25) is 5.91 Å². The minimum absolute atomic E-state index is 0.188. The Morgan fingerprint density at radius 3 is 2.29 bits per heavy atom. The van der Waals surface area contributed by atoms with Crippen molar-refractivity contribution >= 4 is 11.6 Å². The van der Waals surface area contributed by atoms with Crippen LogP contribution in [0.5, 0.6) is 5.75 Å². The van der Waals surface area contributed by atoms with Crippen molar-refractivity contribution < 1.29 is 9.53 Å². The fourth-order valence-corrected chi connectivity index (χ4v) is 3.46. The molecule has 0 spiro atoms. The first-order valence-corrected chi connectivity index (χ1v) is 10.3. The number of anilines is 1. The van der Waals surface area contributed by atoms with Gasteiger partial charge in [-0.15, -0.1) is 0 Å². The molecule has 1 saturated heterocycles. The molecule has 3 rings (SSSR count). The Morgan fingerprint density at radius 1 is 1.07 bits per heavy atom. The van der Waals surface area contributed by atoms with Crippen molar-refractivity contribution in [3.63, 3.8) is 0 Å². The minimum Gasteiger partial charge on any atom is -0.497 e. The van der Waals surface area contributed by atoms with E-state index < -0.39 is 0 Å². The number of benzene rings is 2. The first kappa shape index (κ1) is 22.0. The van der Waals surface area contributed by atoms with E-state index in [1.807, 2.05) is 42.2 Å². The van der Waals surface area contributed by atoms with Gasteiger partial charge in [-0.05, 0) is 57.1 Å². The molecular weight excluding hydrogens is 348 g/mol. The molecule has 4 nitrogen and oxygen atoms in total. The fourth-order valence-electron chi connectivity index (χ4n) is 3.46. The summed E-state index contributed by atoms with van der Waals surface area (Å²) >= 11 is 0. The Hall–Kier alpha value is -2.33. The molecule has 1 heterocycles. The zero-order valence-electron chi connectivity index (χ0n) is 17.7. The van der Waals surface area contributed by atoms with Gasteiger partial charge in [-0.25, -0.2) is 0 Å². The van der Waals surface area contributed by atoms with Crippen LogP contribution in [0.2, 0.25) is 0 Å². The van der Waals surface area contributed by atoms with Crippen molar-refractivity contribution in [2.45, 2.75) is 45.6 Å². The largest absolute Gasteiger partial charge is 0.497 e. The lowest BCUT2D eigenvalue weighted by Crippen LogP contribution is -2.46. The third kappa shape index (κ3) is 6.38. The van der Waals surface area contributed by atoms with E-state index in [-0.39, 0.29) is 5.91 Å². The van der Waals surface area contributed by atoms with Crippen LogP contribution in [0.15, 0.2) is 54.6 Å². The van der Waals surface area contributed by atoms with Crippen LogP contribution in [0, 0.1) is 0 Å². The molecule has 0 N–H and O–H groups in total. The maximum Gasteiger partial charge on any atom is 0.226 e. The van der Waals surface area contributed by atoms with Gasteiger partial charge < -0.3 is 14.5 Å². The predicted octanol–water partition coefficient (Wildman–Crippen LogP) is 4.78. The summed E-state index contributed by atoms with van der Waals surface area (Å²) < 4.78 is 5.28. The van der Waals surface area contributed by atoms with Crippen LogP contribution in [0.1, 0.15) is 38.7 Å². The molecule has 2 aromatic rings. The summed E-state index contributed by atoms with van der Waals surface area (Å²) in [5.74, 6) is 0.983. The number of methoxy groups -OCH3 is 1. The third-order valence-corrected chi connectivity index (χ3v) is 5.21. The number of nitrogens with zero attached hydrogens (tertiary/aromatic N) is 2. The molecule has 0 aliphatic carbocycles. The van der Waals surface area contributed by atoms with E-state index in [9.17, 15) is 4.79 Å². The van der Waals surface area contributed by atoms with Crippen LogP contribution in [-0.2, 0) is 11.2 Å². The van der Waals surface area contributed by atoms with Gasteiger partial charge in [-0.1, -0.05) is 50.2 Å². The van der Waals surface area contributed by atoms with Crippen molar-refractivity contribution in [1.82, 2.24) is 4.90 Å². The summed E-state index contributed by atoms with van der Waals surface area (Å²) in [6, 6.07) is 18.5. The predicted molar refractivity (Wildman–Crippen MR) is 117 cm³/mol. The SMILES string of the molecule is CCC(=O)N(c1cccc(OC)c1)C1CCN(C)CC1.CCc1ccccc1. The number of carbonyl (C=O) groups excluding carboxylic acids is 1. The highest BCUT2D eigenvalue weighted by molar-refractivity contribution is 5.94. The third-order valence-electron chi connectivity index (χ3n) is 5.21. The van der Waals surface area contributed by atoms with Crippen molar-refractivity contribution in [2.24, 2.45) is 0 Å². The summed E-state index contributed by atoms with van der Waals surface area (Å²) in [6.45, 7) is 6.17. The summed E-state index contributed by atoms with van der Waals surface area (Å²) in [4.78, 5) is 16.6. The summed E-state index contributed by atoms with van der Waals surface area (Å²) in [7, 11) is 3.79. The van der Waals surface area contributed by atoms with Gasteiger partial charge in [-0.3, -0.25) is 4.79 Å². The van der Waals surface area contributed by atoms with Crippen LogP contribution in [-0.4, -0.2) is 44.1 Å². The first-order chi connectivity index (χ1) is 13.6. The number of rotatable bonds is 5. The molecule has 0 unspecified atom stereocenters. The quantitative estimate of drug-likeness (QED) is 0.746. The zero-order chi connectivity index (χ0) is 20.4. The smallest absolute Gasteiger partial charge is 0.226 e. The zero-order valence-corrected chi connectivity index (χ0v) is 17.7. The average molecular weight is 383 g/mol. The Kier molecular flexibility index (Phi) is 9.02. The molecule has 4 heteroatoms. The minimum atomic E-state index is 0.188. The number of amides is 1. The summed E-state index contributed by atoms with van der Waals surface area (Å²) in [5, 5.41) is 0. The number of aryl methyl sites for hydroxylation is 1. The molecule has 152 valence electrons. The normalized spacial score (nSPS) is 14.7. The maximum atomic E-state index is 12.4. The summed E-state index contributed by atoms with van der Waals surface area (Å²) in [5.41, 5.74) is 2.36. The van der Waals surface area contributed by atoms with E-state index in [1.165, 1.54) is 5.56 Å². The number of ether oxygens (including phenoxy) is 1. The van der Waals surface area contributed by atoms with Gasteiger partial charge in [-0.2, -0.15) is 0 Å². The molecule has 2 aromatic carbocycles. The van der Waals surface area contributed by atoms with Crippen molar-refractivity contribution in [3.05, 3.63) is 60.2 Å². The Bertz CT molecular complexity index is 710. The highest BCUT2D eigenvalue weighted by Gasteiger charge is 2.27. The molecule has 0 atom stereocenters. The van der Waals surface area contributed by atoms with Crippen molar-refractivity contribution in [1.29, 1.82) is 0 Å². The molecule has 1 aliphatic heterocycles. The van der Waals surface area contributed by atoms with E-state index in [1.54, 1.807) is 7.11 Å². The number of hydrogen-bond acceptors (Lipinski definition) is 3. The molecule has 0 bridgehead atoms. The van der Waals surface area contributed by atoms with E-state index >= 15 is 0 Å². The molecule has 1 amide bonds. The molecule has 0 saturated carbocycles. The van der Waals surface area contributed by atoms with Crippen LogP contribution < -0.4 is 9.64 Å². The van der Waals surface area contributed by atoms with Crippen LogP contribution in [0.25, 0.3) is 0 Å². The van der Waals surface area contributed by atoms with Gasteiger partial charge >= 0.3 is 0 Å². The van der Waals surface area contributed by atoms with Gasteiger partial charge in [0.1, 0.15) is 5.75 Å². The second-order valence-corrected chi connectivity index (χ2v) is 7.19. The lowest BCUT2D eigenvalue weighted by atomic mass is 10.0. The van der Waals surface area contributed by atoms with E-state index in [0.29, 0.717) is 12.5 Å². The second-order valence-electron chi connectivity index (χ2n) is 7.19. The molecule has 0 aromatic heterocycles. The van der Waals surface area contributed by atoms with Gasteiger partial charge in [0.25, 0.3) is 0 Å². The van der Waals surface area contributed by atoms with Gasteiger partial charge in [0.05, 0.1) is 7.11 Å². The Labute approximate surface area is 170 Å². The van der Waals surface area contributed by atoms with Crippen LogP contribution >= 0.6 is 0 Å². The number of hydrogen-bond donors (Lipinski definition) is 0. The molecular formula is C24H34N2O2. The molecule has 28 heavy (non-hydrogen) atoms. The van der Waals surface area contributed by atoms with Gasteiger partial charge in [0, 0.05) is 24.2 Å². The van der Waals surface area contributed by atoms with E-state index in [2.05, 4.69) is 43.1 Å². The Morgan fingerprint density at radius 2 is 1.75 bits per heavy atom. The maximum absolute atomic E-state index is 12.4. The lowest BCUT2D eigenvalue weighted by molar-refractivity contribution is -0.119. The monoisotopic (exact) mass is 382 g/mol. The molecule has 0 radical (unpaired) electrons. The van der Waals surface area contributed by atoms with Crippen LogP contribution in [0.4, 0.5) is 5.69 Å². The van der Waals surface area contributed by atoms with Crippen molar-refractivity contribution in [2.75, 3.05) is 32.1 Å². The van der Waals surface area contributed by atoms with Crippen molar-refractivity contribution in [3.8, 4) is 5.75 Å². The molecule has 1 fully saturated rings. The Balaban J connectivity index is 0.000000292. The highest BCUT2D eigenvalue weighted by atomic mass is 16.5. The number of likely N-dealkylation sites (tertiary alicyclic amines) is 1. The fraction of sp³-hybridized carbons (Fsp3) is 0.458. The molecule has 1 aliphatic rings.